The Morgan fingerprint density at radius 2 is 1.90 bits per heavy atom. The van der Waals surface area contributed by atoms with Crippen molar-refractivity contribution < 1.29 is 32.3 Å². The molecule has 0 bridgehead atoms. The van der Waals surface area contributed by atoms with Crippen molar-refractivity contribution in [2.45, 2.75) is 6.18 Å². The first-order valence-electron chi connectivity index (χ1n) is 5.29. The van der Waals surface area contributed by atoms with Gasteiger partial charge in [-0.1, -0.05) is 0 Å². The number of carboxylic acids is 1. The highest BCUT2D eigenvalue weighted by Gasteiger charge is 2.26. The molecule has 0 atom stereocenters. The van der Waals surface area contributed by atoms with Gasteiger partial charge in [0, 0.05) is 5.69 Å². The third-order valence-electron chi connectivity index (χ3n) is 2.09. The number of alkyl halides is 3. The molecule has 1 aromatic carbocycles. The van der Waals surface area contributed by atoms with Crippen LogP contribution in [0.5, 0.6) is 0 Å². The maximum absolute atomic E-state index is 13.3. The first kappa shape index (κ1) is 15.9. The number of hydrogen-bond acceptors (Lipinski definition) is 3. The monoisotopic (exact) mass is 294 g/mol. The van der Waals surface area contributed by atoms with Crippen LogP contribution in [0.15, 0.2) is 18.2 Å². The molecule has 1 amide bonds. The van der Waals surface area contributed by atoms with E-state index in [1.165, 1.54) is 0 Å². The lowest BCUT2D eigenvalue weighted by Crippen LogP contribution is -2.35. The lowest BCUT2D eigenvalue weighted by molar-refractivity contribution is -0.126. The first-order chi connectivity index (χ1) is 9.19. The quantitative estimate of drug-likeness (QED) is 0.721. The van der Waals surface area contributed by atoms with E-state index in [0.717, 1.165) is 18.2 Å². The standard InChI is InChI=1S/C11H10F4N2O3/c12-8-3-6(1-2-7(8)10(19)20)17-9(18)4-16-5-11(13,14)15/h1-3,16H,4-5H2,(H,17,18)(H,19,20). The maximum atomic E-state index is 13.3. The number of benzene rings is 1. The molecule has 0 saturated heterocycles. The number of rotatable bonds is 5. The summed E-state index contributed by atoms with van der Waals surface area (Å²) < 4.78 is 48.7. The molecule has 0 aliphatic rings. The van der Waals surface area contributed by atoms with E-state index in [0.29, 0.717) is 0 Å². The predicted octanol–water partition coefficient (Wildman–Crippen LogP) is 1.61. The van der Waals surface area contributed by atoms with Crippen molar-refractivity contribution >= 4 is 17.6 Å². The van der Waals surface area contributed by atoms with Crippen molar-refractivity contribution in [3.8, 4) is 0 Å². The van der Waals surface area contributed by atoms with Crippen molar-refractivity contribution in [2.24, 2.45) is 0 Å². The highest BCUT2D eigenvalue weighted by molar-refractivity contribution is 5.93. The van der Waals surface area contributed by atoms with Crippen LogP contribution in [0.4, 0.5) is 23.2 Å². The number of nitrogens with one attached hydrogen (secondary N) is 2. The second-order valence-corrected chi connectivity index (χ2v) is 3.77. The average molecular weight is 294 g/mol. The number of carbonyl (C=O) groups is 2. The summed E-state index contributed by atoms with van der Waals surface area (Å²) in [6.45, 7) is -1.94. The molecule has 1 aromatic rings. The second-order valence-electron chi connectivity index (χ2n) is 3.77. The third-order valence-corrected chi connectivity index (χ3v) is 2.09. The number of carboxylic acid groups (broad SMARTS) is 1. The molecule has 0 unspecified atom stereocenters. The van der Waals surface area contributed by atoms with Crippen LogP contribution in [-0.4, -0.2) is 36.2 Å². The number of anilines is 1. The molecule has 0 heterocycles. The number of carbonyl (C=O) groups excluding carboxylic acids is 1. The Labute approximate surface area is 110 Å². The van der Waals surface area contributed by atoms with Gasteiger partial charge < -0.3 is 15.7 Å². The molecule has 3 N–H and O–H groups in total. The van der Waals surface area contributed by atoms with E-state index in [1.807, 2.05) is 5.32 Å². The number of amides is 1. The normalized spacial score (nSPS) is 11.2. The van der Waals surface area contributed by atoms with Crippen molar-refractivity contribution in [1.29, 1.82) is 0 Å². The largest absolute Gasteiger partial charge is 0.478 e. The van der Waals surface area contributed by atoms with Crippen LogP contribution >= 0.6 is 0 Å². The summed E-state index contributed by atoms with van der Waals surface area (Å²) in [6.07, 6.45) is -4.43. The molecule has 9 heteroatoms. The Kier molecular flexibility index (Phi) is 5.03. The van der Waals surface area contributed by atoms with Crippen LogP contribution in [0.2, 0.25) is 0 Å². The van der Waals surface area contributed by atoms with Gasteiger partial charge in [-0.2, -0.15) is 13.2 Å². The van der Waals surface area contributed by atoms with Crippen LogP contribution in [0.1, 0.15) is 10.4 Å². The second kappa shape index (κ2) is 6.33. The molecule has 0 saturated carbocycles. The van der Waals surface area contributed by atoms with Crippen molar-refractivity contribution in [3.05, 3.63) is 29.6 Å². The van der Waals surface area contributed by atoms with E-state index < -0.39 is 42.5 Å². The van der Waals surface area contributed by atoms with Gasteiger partial charge in [0.15, 0.2) is 0 Å². The molecule has 0 aliphatic carbocycles. The van der Waals surface area contributed by atoms with E-state index in [4.69, 9.17) is 5.11 Å². The highest BCUT2D eigenvalue weighted by atomic mass is 19.4. The zero-order chi connectivity index (χ0) is 15.3. The van der Waals surface area contributed by atoms with Gasteiger partial charge in [0.05, 0.1) is 18.7 Å². The Bertz CT molecular complexity index is 517. The molecular formula is C11H10F4N2O3. The van der Waals surface area contributed by atoms with E-state index in [-0.39, 0.29) is 5.69 Å². The van der Waals surface area contributed by atoms with Gasteiger partial charge >= 0.3 is 12.1 Å². The van der Waals surface area contributed by atoms with Crippen molar-refractivity contribution in [3.63, 3.8) is 0 Å². The zero-order valence-corrected chi connectivity index (χ0v) is 9.92. The molecule has 0 aromatic heterocycles. The summed E-state index contributed by atoms with van der Waals surface area (Å²) in [4.78, 5) is 21.8. The minimum absolute atomic E-state index is 0.0497. The highest BCUT2D eigenvalue weighted by Crippen LogP contribution is 2.15. The van der Waals surface area contributed by atoms with Crippen molar-refractivity contribution in [1.82, 2.24) is 5.32 Å². The predicted molar refractivity (Wildman–Crippen MR) is 60.9 cm³/mol. The van der Waals surface area contributed by atoms with Crippen LogP contribution < -0.4 is 10.6 Å². The molecule has 1 rings (SSSR count). The Morgan fingerprint density at radius 1 is 1.25 bits per heavy atom. The van der Waals surface area contributed by atoms with Gasteiger partial charge in [-0.05, 0) is 18.2 Å². The first-order valence-corrected chi connectivity index (χ1v) is 5.29. The van der Waals surface area contributed by atoms with Crippen LogP contribution in [0, 0.1) is 5.82 Å². The number of aromatic carboxylic acids is 1. The van der Waals surface area contributed by atoms with Gasteiger partial charge in [-0.3, -0.25) is 4.79 Å². The fraction of sp³-hybridized carbons (Fsp3) is 0.273. The Balaban J connectivity index is 2.54. The number of halogens is 4. The fourth-order valence-corrected chi connectivity index (χ4v) is 1.29. The SMILES string of the molecule is O=C(CNCC(F)(F)F)Nc1ccc(C(=O)O)c(F)c1. The lowest BCUT2D eigenvalue weighted by Gasteiger charge is -2.09. The van der Waals surface area contributed by atoms with Gasteiger partial charge in [0.1, 0.15) is 5.82 Å². The van der Waals surface area contributed by atoms with Gasteiger partial charge in [0.2, 0.25) is 5.91 Å². The Morgan fingerprint density at radius 3 is 2.40 bits per heavy atom. The summed E-state index contributed by atoms with van der Waals surface area (Å²) >= 11 is 0. The molecule has 20 heavy (non-hydrogen) atoms. The summed E-state index contributed by atoms with van der Waals surface area (Å²) in [7, 11) is 0. The minimum Gasteiger partial charge on any atom is -0.478 e. The average Bonchev–Trinajstić information content (AvgIpc) is 2.26. The molecule has 0 spiro atoms. The summed E-state index contributed by atoms with van der Waals surface area (Å²) in [6, 6.07) is 2.84. The molecule has 0 fully saturated rings. The van der Waals surface area contributed by atoms with Crippen LogP contribution in [-0.2, 0) is 4.79 Å². The minimum atomic E-state index is -4.43. The molecule has 110 valence electrons. The molecule has 5 nitrogen and oxygen atoms in total. The Hall–Kier alpha value is -2.16. The molecule has 0 aliphatic heterocycles. The van der Waals surface area contributed by atoms with E-state index >= 15 is 0 Å². The maximum Gasteiger partial charge on any atom is 0.401 e. The zero-order valence-electron chi connectivity index (χ0n) is 9.92. The lowest BCUT2D eigenvalue weighted by atomic mass is 10.2. The van der Waals surface area contributed by atoms with E-state index in [9.17, 15) is 27.2 Å². The van der Waals surface area contributed by atoms with Crippen LogP contribution in [0.3, 0.4) is 0 Å². The topological polar surface area (TPSA) is 78.4 Å². The van der Waals surface area contributed by atoms with Gasteiger partial charge in [-0.15, -0.1) is 0 Å². The summed E-state index contributed by atoms with van der Waals surface area (Å²) in [5, 5.41) is 12.6. The molecular weight excluding hydrogens is 284 g/mol. The summed E-state index contributed by atoms with van der Waals surface area (Å²) in [5.41, 5.74) is -0.621. The summed E-state index contributed by atoms with van der Waals surface area (Å²) in [5.74, 6) is -3.33. The fourth-order valence-electron chi connectivity index (χ4n) is 1.29. The third kappa shape index (κ3) is 5.22. The van der Waals surface area contributed by atoms with Crippen molar-refractivity contribution in [2.75, 3.05) is 18.4 Å². The van der Waals surface area contributed by atoms with E-state index in [2.05, 4.69) is 5.32 Å². The smallest absolute Gasteiger partial charge is 0.401 e. The number of hydrogen-bond donors (Lipinski definition) is 3. The van der Waals surface area contributed by atoms with E-state index in [1.54, 1.807) is 0 Å². The van der Waals surface area contributed by atoms with Crippen LogP contribution in [0.25, 0.3) is 0 Å². The van der Waals surface area contributed by atoms with Gasteiger partial charge in [-0.25, -0.2) is 9.18 Å². The van der Waals surface area contributed by atoms with Gasteiger partial charge in [0.25, 0.3) is 0 Å². The molecule has 0 radical (unpaired) electrons.